The summed E-state index contributed by atoms with van der Waals surface area (Å²) in [4.78, 5) is 14.7. The highest BCUT2D eigenvalue weighted by atomic mass is 35.5. The molecular weight excluding hydrogens is 346 g/mol. The first-order valence-corrected chi connectivity index (χ1v) is 8.99. The second-order valence-corrected chi connectivity index (χ2v) is 6.80. The SMILES string of the molecule is Cc1cc(N2CCCC2)ccc1/C=C(/C#N)C(=O)Nc1ccc(Cl)cc1. The monoisotopic (exact) mass is 365 g/mol. The van der Waals surface area contributed by atoms with Crippen LogP contribution in [0.2, 0.25) is 5.02 Å². The number of halogens is 1. The Kier molecular flexibility index (Phi) is 5.60. The number of carbonyl (C=O) groups is 1. The molecule has 0 saturated carbocycles. The molecule has 0 atom stereocenters. The summed E-state index contributed by atoms with van der Waals surface area (Å²) in [7, 11) is 0. The Hall–Kier alpha value is -2.77. The number of nitrogens with zero attached hydrogens (tertiary/aromatic N) is 2. The van der Waals surface area contributed by atoms with Gasteiger partial charge in [-0.05, 0) is 73.4 Å². The minimum atomic E-state index is -0.433. The number of rotatable bonds is 4. The Morgan fingerprint density at radius 3 is 2.50 bits per heavy atom. The maximum Gasteiger partial charge on any atom is 0.266 e. The van der Waals surface area contributed by atoms with Crippen molar-refractivity contribution in [1.29, 1.82) is 5.26 Å². The van der Waals surface area contributed by atoms with Crippen LogP contribution < -0.4 is 10.2 Å². The molecule has 1 N–H and O–H groups in total. The van der Waals surface area contributed by atoms with E-state index in [1.807, 2.05) is 19.1 Å². The fraction of sp³-hybridized carbons (Fsp3) is 0.238. The van der Waals surface area contributed by atoms with E-state index in [0.717, 1.165) is 24.2 Å². The normalized spacial score (nSPS) is 14.2. The Morgan fingerprint density at radius 2 is 1.88 bits per heavy atom. The molecule has 1 saturated heterocycles. The van der Waals surface area contributed by atoms with Crippen molar-refractivity contribution in [2.75, 3.05) is 23.3 Å². The van der Waals surface area contributed by atoms with Crippen molar-refractivity contribution < 1.29 is 4.79 Å². The summed E-state index contributed by atoms with van der Waals surface area (Å²) in [6.45, 7) is 4.17. The van der Waals surface area contributed by atoms with Crippen LogP contribution in [0.3, 0.4) is 0 Å². The summed E-state index contributed by atoms with van der Waals surface area (Å²) >= 11 is 5.84. The number of nitriles is 1. The van der Waals surface area contributed by atoms with Gasteiger partial charge in [-0.15, -0.1) is 0 Å². The fourth-order valence-corrected chi connectivity index (χ4v) is 3.16. The van der Waals surface area contributed by atoms with Gasteiger partial charge < -0.3 is 10.2 Å². The van der Waals surface area contributed by atoms with Crippen molar-refractivity contribution in [2.45, 2.75) is 19.8 Å². The lowest BCUT2D eigenvalue weighted by Crippen LogP contribution is -2.17. The quantitative estimate of drug-likeness (QED) is 0.625. The Bertz CT molecular complexity index is 875. The predicted molar refractivity (Wildman–Crippen MR) is 106 cm³/mol. The first-order chi connectivity index (χ1) is 12.6. The summed E-state index contributed by atoms with van der Waals surface area (Å²) in [6, 6.07) is 14.9. The summed E-state index contributed by atoms with van der Waals surface area (Å²) in [5.41, 5.74) is 3.78. The minimum absolute atomic E-state index is 0.0666. The van der Waals surface area contributed by atoms with Crippen LogP contribution >= 0.6 is 11.6 Å². The summed E-state index contributed by atoms with van der Waals surface area (Å²) < 4.78 is 0. The third-order valence-corrected chi connectivity index (χ3v) is 4.74. The Labute approximate surface area is 158 Å². The van der Waals surface area contributed by atoms with Crippen LogP contribution in [0.1, 0.15) is 24.0 Å². The van der Waals surface area contributed by atoms with Gasteiger partial charge in [0, 0.05) is 29.5 Å². The molecule has 0 unspecified atom stereocenters. The fourth-order valence-electron chi connectivity index (χ4n) is 3.03. The maximum atomic E-state index is 12.4. The maximum absolute atomic E-state index is 12.4. The van der Waals surface area contributed by atoms with E-state index in [9.17, 15) is 10.1 Å². The van der Waals surface area contributed by atoms with E-state index in [0.29, 0.717) is 10.7 Å². The second-order valence-electron chi connectivity index (χ2n) is 6.37. The third-order valence-electron chi connectivity index (χ3n) is 4.49. The Balaban J connectivity index is 1.78. The summed E-state index contributed by atoms with van der Waals surface area (Å²) in [6.07, 6.45) is 4.09. The van der Waals surface area contributed by atoms with E-state index in [2.05, 4.69) is 22.3 Å². The number of aryl methyl sites for hydroxylation is 1. The lowest BCUT2D eigenvalue weighted by atomic mass is 10.0. The van der Waals surface area contributed by atoms with Crippen molar-refractivity contribution in [3.05, 3.63) is 64.2 Å². The number of anilines is 2. The van der Waals surface area contributed by atoms with Gasteiger partial charge >= 0.3 is 0 Å². The number of carbonyl (C=O) groups excluding carboxylic acids is 1. The topological polar surface area (TPSA) is 56.1 Å². The highest BCUT2D eigenvalue weighted by Gasteiger charge is 2.14. The van der Waals surface area contributed by atoms with E-state index in [-0.39, 0.29) is 5.57 Å². The molecule has 0 radical (unpaired) electrons. The molecule has 2 aromatic rings. The van der Waals surface area contributed by atoms with Crippen molar-refractivity contribution >= 4 is 35.0 Å². The molecule has 1 fully saturated rings. The van der Waals surface area contributed by atoms with E-state index >= 15 is 0 Å². The third kappa shape index (κ3) is 4.25. The molecule has 3 rings (SSSR count). The van der Waals surface area contributed by atoms with Gasteiger partial charge in [-0.25, -0.2) is 0 Å². The van der Waals surface area contributed by atoms with Crippen LogP contribution in [-0.4, -0.2) is 19.0 Å². The van der Waals surface area contributed by atoms with Gasteiger partial charge in [0.1, 0.15) is 11.6 Å². The molecular formula is C21H20ClN3O. The van der Waals surface area contributed by atoms with Crippen molar-refractivity contribution in [3.8, 4) is 6.07 Å². The van der Waals surface area contributed by atoms with E-state index < -0.39 is 5.91 Å². The molecule has 26 heavy (non-hydrogen) atoms. The summed E-state index contributed by atoms with van der Waals surface area (Å²) in [5, 5.41) is 12.7. The average molecular weight is 366 g/mol. The van der Waals surface area contributed by atoms with Crippen molar-refractivity contribution in [2.24, 2.45) is 0 Å². The first kappa shape index (κ1) is 18.0. The number of hydrogen-bond acceptors (Lipinski definition) is 3. The smallest absolute Gasteiger partial charge is 0.266 e. The van der Waals surface area contributed by atoms with Gasteiger partial charge in [-0.1, -0.05) is 17.7 Å². The van der Waals surface area contributed by atoms with Crippen LogP contribution in [0.5, 0.6) is 0 Å². The van der Waals surface area contributed by atoms with Gasteiger partial charge in [-0.2, -0.15) is 5.26 Å². The lowest BCUT2D eigenvalue weighted by Gasteiger charge is -2.18. The number of hydrogen-bond donors (Lipinski definition) is 1. The molecule has 1 aliphatic heterocycles. The second kappa shape index (κ2) is 8.07. The highest BCUT2D eigenvalue weighted by molar-refractivity contribution is 6.30. The molecule has 1 amide bonds. The predicted octanol–water partition coefficient (Wildman–Crippen LogP) is 4.79. The number of nitrogens with one attached hydrogen (secondary N) is 1. The molecule has 1 heterocycles. The van der Waals surface area contributed by atoms with Gasteiger partial charge in [0.15, 0.2) is 0 Å². The number of amides is 1. The molecule has 0 aliphatic carbocycles. The average Bonchev–Trinajstić information content (AvgIpc) is 3.17. The zero-order chi connectivity index (χ0) is 18.5. The standard InChI is InChI=1S/C21H20ClN3O/c1-15-12-20(25-10-2-3-11-25)9-4-16(15)13-17(14-23)21(26)24-19-7-5-18(22)6-8-19/h4-9,12-13H,2-3,10-11H2,1H3,(H,24,26)/b17-13-. The van der Waals surface area contributed by atoms with Gasteiger partial charge in [0.2, 0.25) is 0 Å². The van der Waals surface area contributed by atoms with Crippen LogP contribution in [0.4, 0.5) is 11.4 Å². The van der Waals surface area contributed by atoms with Gasteiger partial charge in [0.05, 0.1) is 0 Å². The van der Waals surface area contributed by atoms with Crippen molar-refractivity contribution in [3.63, 3.8) is 0 Å². The summed E-state index contributed by atoms with van der Waals surface area (Å²) in [5.74, 6) is -0.433. The first-order valence-electron chi connectivity index (χ1n) is 8.61. The molecule has 132 valence electrons. The van der Waals surface area contributed by atoms with Crippen LogP contribution in [0, 0.1) is 18.3 Å². The zero-order valence-electron chi connectivity index (χ0n) is 14.6. The van der Waals surface area contributed by atoms with Crippen LogP contribution in [0.15, 0.2) is 48.0 Å². The largest absolute Gasteiger partial charge is 0.372 e. The van der Waals surface area contributed by atoms with Crippen LogP contribution in [-0.2, 0) is 4.79 Å². The van der Waals surface area contributed by atoms with E-state index in [1.165, 1.54) is 18.5 Å². The zero-order valence-corrected chi connectivity index (χ0v) is 15.4. The van der Waals surface area contributed by atoms with Gasteiger partial charge in [0.25, 0.3) is 5.91 Å². The van der Waals surface area contributed by atoms with Crippen molar-refractivity contribution in [1.82, 2.24) is 0 Å². The van der Waals surface area contributed by atoms with Gasteiger partial charge in [-0.3, -0.25) is 4.79 Å². The van der Waals surface area contributed by atoms with Crippen LogP contribution in [0.25, 0.3) is 6.08 Å². The molecule has 0 aromatic heterocycles. The molecule has 5 heteroatoms. The molecule has 0 bridgehead atoms. The van der Waals surface area contributed by atoms with E-state index in [4.69, 9.17) is 11.6 Å². The van der Waals surface area contributed by atoms with E-state index in [1.54, 1.807) is 30.3 Å². The lowest BCUT2D eigenvalue weighted by molar-refractivity contribution is -0.112. The Morgan fingerprint density at radius 1 is 1.19 bits per heavy atom. The molecule has 1 aliphatic rings. The number of benzene rings is 2. The molecule has 0 spiro atoms. The highest BCUT2D eigenvalue weighted by Crippen LogP contribution is 2.24. The minimum Gasteiger partial charge on any atom is -0.372 e. The molecule has 4 nitrogen and oxygen atoms in total. The molecule has 2 aromatic carbocycles.